The molecule has 1 amide bonds. The SMILES string of the molecule is O=C(O)CCc1cc2n(n1)CCN(C(=O)Cc1ccc(Br)cc1)C2. The third-order valence-electron chi connectivity index (χ3n) is 4.06. The highest BCUT2D eigenvalue weighted by molar-refractivity contribution is 9.10. The van der Waals surface area contributed by atoms with Crippen molar-refractivity contribution < 1.29 is 14.7 Å². The quantitative estimate of drug-likeness (QED) is 0.847. The first-order valence-electron chi connectivity index (χ1n) is 7.81. The molecule has 6 nitrogen and oxygen atoms in total. The van der Waals surface area contributed by atoms with Gasteiger partial charge in [-0.15, -0.1) is 0 Å². The van der Waals surface area contributed by atoms with Crippen molar-refractivity contribution in [3.05, 3.63) is 51.8 Å². The second-order valence-corrected chi connectivity index (χ2v) is 6.78. The van der Waals surface area contributed by atoms with Crippen LogP contribution < -0.4 is 0 Å². The first kappa shape index (κ1) is 16.7. The highest BCUT2D eigenvalue weighted by atomic mass is 79.9. The van der Waals surface area contributed by atoms with Crippen LogP contribution >= 0.6 is 15.9 Å². The Kier molecular flexibility index (Phi) is 4.99. The van der Waals surface area contributed by atoms with E-state index in [-0.39, 0.29) is 12.3 Å². The maximum Gasteiger partial charge on any atom is 0.303 e. The predicted octanol–water partition coefficient (Wildman–Crippen LogP) is 2.25. The molecule has 0 radical (unpaired) electrons. The van der Waals surface area contributed by atoms with Gasteiger partial charge in [-0.1, -0.05) is 28.1 Å². The summed E-state index contributed by atoms with van der Waals surface area (Å²) in [7, 11) is 0. The van der Waals surface area contributed by atoms with Crippen LogP contribution in [0.2, 0.25) is 0 Å². The molecule has 0 spiro atoms. The normalized spacial score (nSPS) is 13.6. The number of hydrogen-bond acceptors (Lipinski definition) is 3. The highest BCUT2D eigenvalue weighted by Gasteiger charge is 2.22. The van der Waals surface area contributed by atoms with E-state index in [0.29, 0.717) is 32.5 Å². The molecular formula is C17H18BrN3O3. The van der Waals surface area contributed by atoms with E-state index in [1.807, 2.05) is 39.9 Å². The summed E-state index contributed by atoms with van der Waals surface area (Å²) in [4.78, 5) is 25.0. The van der Waals surface area contributed by atoms with Crippen LogP contribution in [-0.2, 0) is 35.5 Å². The fraction of sp³-hybridized carbons (Fsp3) is 0.353. The summed E-state index contributed by atoms with van der Waals surface area (Å²) in [5, 5.41) is 13.2. The number of aryl methyl sites for hydroxylation is 1. The molecule has 0 bridgehead atoms. The third-order valence-corrected chi connectivity index (χ3v) is 4.59. The Balaban J connectivity index is 1.62. The summed E-state index contributed by atoms with van der Waals surface area (Å²) >= 11 is 3.39. The lowest BCUT2D eigenvalue weighted by molar-refractivity contribution is -0.137. The number of carboxylic acid groups (broad SMARTS) is 1. The van der Waals surface area contributed by atoms with Gasteiger partial charge in [0, 0.05) is 17.4 Å². The third kappa shape index (κ3) is 4.03. The molecule has 0 aliphatic carbocycles. The lowest BCUT2D eigenvalue weighted by atomic mass is 10.1. The predicted molar refractivity (Wildman–Crippen MR) is 91.4 cm³/mol. The molecule has 3 rings (SSSR count). The van der Waals surface area contributed by atoms with Crippen molar-refractivity contribution in [2.24, 2.45) is 0 Å². The Morgan fingerprint density at radius 2 is 1.96 bits per heavy atom. The molecule has 126 valence electrons. The van der Waals surface area contributed by atoms with Gasteiger partial charge in [0.05, 0.1) is 37.3 Å². The number of fused-ring (bicyclic) bond motifs is 1. The first-order valence-corrected chi connectivity index (χ1v) is 8.60. The second kappa shape index (κ2) is 7.17. The molecule has 7 heteroatoms. The molecule has 0 unspecified atom stereocenters. The van der Waals surface area contributed by atoms with Crippen LogP contribution in [0.25, 0.3) is 0 Å². The summed E-state index contributed by atoms with van der Waals surface area (Å²) in [6.07, 6.45) is 0.873. The molecule has 0 saturated heterocycles. The van der Waals surface area contributed by atoms with Crippen molar-refractivity contribution in [2.75, 3.05) is 6.54 Å². The number of hydrogen-bond donors (Lipinski definition) is 1. The Labute approximate surface area is 148 Å². The van der Waals surface area contributed by atoms with Gasteiger partial charge in [0.2, 0.25) is 5.91 Å². The summed E-state index contributed by atoms with van der Waals surface area (Å²) in [5.41, 5.74) is 2.73. The molecule has 0 fully saturated rings. The summed E-state index contributed by atoms with van der Waals surface area (Å²) in [6, 6.07) is 9.66. The molecule has 1 aliphatic rings. The monoisotopic (exact) mass is 391 g/mol. The van der Waals surface area contributed by atoms with Crippen molar-refractivity contribution in [1.29, 1.82) is 0 Å². The molecular weight excluding hydrogens is 374 g/mol. The van der Waals surface area contributed by atoms with Crippen LogP contribution in [0.15, 0.2) is 34.8 Å². The van der Waals surface area contributed by atoms with Crippen LogP contribution in [0, 0.1) is 0 Å². The summed E-state index contributed by atoms with van der Waals surface area (Å²) in [5.74, 6) is -0.732. The number of halogens is 1. The number of rotatable bonds is 5. The average Bonchev–Trinajstić information content (AvgIpc) is 2.97. The van der Waals surface area contributed by atoms with E-state index in [9.17, 15) is 9.59 Å². The van der Waals surface area contributed by atoms with Gasteiger partial charge in [0.15, 0.2) is 0 Å². The Morgan fingerprint density at radius 1 is 1.21 bits per heavy atom. The van der Waals surface area contributed by atoms with Gasteiger partial charge in [-0.25, -0.2) is 0 Å². The Morgan fingerprint density at radius 3 is 2.67 bits per heavy atom. The van der Waals surface area contributed by atoms with E-state index >= 15 is 0 Å². The zero-order valence-corrected chi connectivity index (χ0v) is 14.7. The average molecular weight is 392 g/mol. The number of carbonyl (C=O) groups is 2. The van der Waals surface area contributed by atoms with Crippen molar-refractivity contribution in [1.82, 2.24) is 14.7 Å². The van der Waals surface area contributed by atoms with Crippen LogP contribution in [0.1, 0.15) is 23.4 Å². The number of aliphatic carboxylic acids is 1. The zero-order valence-electron chi connectivity index (χ0n) is 13.1. The molecule has 2 aromatic rings. The van der Waals surface area contributed by atoms with Gasteiger partial charge in [0.1, 0.15) is 0 Å². The van der Waals surface area contributed by atoms with Gasteiger partial charge < -0.3 is 10.0 Å². The van der Waals surface area contributed by atoms with Crippen molar-refractivity contribution >= 4 is 27.8 Å². The lowest BCUT2D eigenvalue weighted by Gasteiger charge is -2.27. The van der Waals surface area contributed by atoms with Crippen LogP contribution in [-0.4, -0.2) is 38.2 Å². The van der Waals surface area contributed by atoms with Crippen LogP contribution in [0.3, 0.4) is 0 Å². The Hall–Kier alpha value is -2.15. The molecule has 0 atom stereocenters. The molecule has 1 N–H and O–H groups in total. The van der Waals surface area contributed by atoms with Crippen molar-refractivity contribution in [2.45, 2.75) is 32.4 Å². The smallest absolute Gasteiger partial charge is 0.303 e. The topological polar surface area (TPSA) is 75.4 Å². The van der Waals surface area contributed by atoms with Crippen LogP contribution in [0.4, 0.5) is 0 Å². The molecule has 2 heterocycles. The van der Waals surface area contributed by atoms with E-state index in [0.717, 1.165) is 21.4 Å². The fourth-order valence-electron chi connectivity index (χ4n) is 2.78. The van der Waals surface area contributed by atoms with Gasteiger partial charge in [0.25, 0.3) is 0 Å². The molecule has 1 aromatic carbocycles. The van der Waals surface area contributed by atoms with E-state index in [2.05, 4.69) is 21.0 Å². The van der Waals surface area contributed by atoms with Crippen molar-refractivity contribution in [3.63, 3.8) is 0 Å². The van der Waals surface area contributed by atoms with Gasteiger partial charge in [-0.3, -0.25) is 14.3 Å². The van der Waals surface area contributed by atoms with Gasteiger partial charge in [-0.05, 0) is 23.8 Å². The van der Waals surface area contributed by atoms with E-state index < -0.39 is 5.97 Å². The zero-order chi connectivity index (χ0) is 17.1. The number of benzene rings is 1. The van der Waals surface area contributed by atoms with E-state index in [1.54, 1.807) is 0 Å². The highest BCUT2D eigenvalue weighted by Crippen LogP contribution is 2.17. The van der Waals surface area contributed by atoms with Crippen molar-refractivity contribution in [3.8, 4) is 0 Å². The molecule has 1 aliphatic heterocycles. The molecule has 24 heavy (non-hydrogen) atoms. The minimum atomic E-state index is -0.827. The maximum atomic E-state index is 12.5. The van der Waals surface area contributed by atoms with Gasteiger partial charge in [-0.2, -0.15) is 5.10 Å². The largest absolute Gasteiger partial charge is 0.481 e. The number of carboxylic acids is 1. The minimum absolute atomic E-state index is 0.0721. The fourth-order valence-corrected chi connectivity index (χ4v) is 3.05. The van der Waals surface area contributed by atoms with Gasteiger partial charge >= 0.3 is 5.97 Å². The molecule has 1 aromatic heterocycles. The van der Waals surface area contributed by atoms with E-state index in [1.165, 1.54) is 0 Å². The minimum Gasteiger partial charge on any atom is -0.481 e. The molecule has 0 saturated carbocycles. The maximum absolute atomic E-state index is 12.5. The first-order chi connectivity index (χ1) is 11.5. The number of amides is 1. The Bertz CT molecular complexity index is 755. The van der Waals surface area contributed by atoms with E-state index in [4.69, 9.17) is 5.11 Å². The number of aromatic nitrogens is 2. The standard InChI is InChI=1S/C17H18BrN3O3/c18-13-3-1-12(2-4-13)9-16(22)20-7-8-21-15(11-20)10-14(19-21)5-6-17(23)24/h1-4,10H,5-9,11H2,(H,23,24). The van der Waals surface area contributed by atoms with Crippen LogP contribution in [0.5, 0.6) is 0 Å². The lowest BCUT2D eigenvalue weighted by Crippen LogP contribution is -2.39. The second-order valence-electron chi connectivity index (χ2n) is 5.86. The number of carbonyl (C=O) groups excluding carboxylic acids is 1. The summed E-state index contributed by atoms with van der Waals surface area (Å²) < 4.78 is 2.87. The number of nitrogens with zero attached hydrogens (tertiary/aromatic N) is 3. The summed E-state index contributed by atoms with van der Waals surface area (Å²) in [6.45, 7) is 1.80.